The Morgan fingerprint density at radius 3 is 2.25 bits per heavy atom. The molecule has 0 aromatic heterocycles. The second kappa shape index (κ2) is 10.1. The fraction of sp³-hybridized carbons (Fsp3) is 0.276. The number of hydrogen-bond donors (Lipinski definition) is 8. The van der Waals surface area contributed by atoms with E-state index in [2.05, 4.69) is 0 Å². The molecule has 0 saturated carbocycles. The molecule has 0 bridgehead atoms. The van der Waals surface area contributed by atoms with Gasteiger partial charge >= 0.3 is 0 Å². The van der Waals surface area contributed by atoms with Crippen molar-refractivity contribution < 1.29 is 55.1 Å². The largest absolute Gasteiger partial charge is 0.507 e. The van der Waals surface area contributed by atoms with Crippen molar-refractivity contribution in [3.8, 4) is 39.9 Å². The highest BCUT2D eigenvalue weighted by atomic mass is 16.7. The number of aliphatic hydroxyl groups excluding tert-OH is 4. The Labute approximate surface area is 227 Å². The lowest BCUT2D eigenvalue weighted by Gasteiger charge is -2.39. The van der Waals surface area contributed by atoms with Gasteiger partial charge in [0.05, 0.1) is 12.2 Å². The van der Waals surface area contributed by atoms with Gasteiger partial charge in [0, 0.05) is 22.4 Å². The van der Waals surface area contributed by atoms with Crippen LogP contribution in [-0.4, -0.2) is 83.9 Å². The molecule has 1 fully saturated rings. The van der Waals surface area contributed by atoms with Crippen molar-refractivity contribution in [1.82, 2.24) is 0 Å². The number of carbonyl (C=O) groups excluding carboxylic acids is 1. The number of fused-ring (bicyclic) bond motifs is 2. The Hall–Kier alpha value is -4.13. The molecule has 210 valence electrons. The van der Waals surface area contributed by atoms with Gasteiger partial charge in [-0.1, -0.05) is 12.1 Å². The van der Waals surface area contributed by atoms with Crippen molar-refractivity contribution in [2.75, 3.05) is 6.61 Å². The van der Waals surface area contributed by atoms with Crippen LogP contribution in [0.4, 0.5) is 0 Å². The van der Waals surface area contributed by atoms with E-state index in [0.717, 1.165) is 13.0 Å². The van der Waals surface area contributed by atoms with Crippen LogP contribution in [0.5, 0.6) is 28.7 Å². The van der Waals surface area contributed by atoms with Gasteiger partial charge in [-0.3, -0.25) is 4.79 Å². The Bertz CT molecular complexity index is 1650. The van der Waals surface area contributed by atoms with E-state index in [1.807, 2.05) is 0 Å². The van der Waals surface area contributed by atoms with Crippen LogP contribution in [-0.2, 0) is 4.74 Å². The summed E-state index contributed by atoms with van der Waals surface area (Å²) in [6.07, 6.45) is -8.15. The second-order valence-corrected chi connectivity index (χ2v) is 9.85. The molecule has 40 heavy (non-hydrogen) atoms. The summed E-state index contributed by atoms with van der Waals surface area (Å²) in [7, 11) is 0. The summed E-state index contributed by atoms with van der Waals surface area (Å²) in [5.41, 5.74) is 0.249. The molecule has 11 heteroatoms. The van der Waals surface area contributed by atoms with Crippen LogP contribution >= 0.6 is 0 Å². The maximum absolute atomic E-state index is 12.7. The van der Waals surface area contributed by atoms with E-state index in [-0.39, 0.29) is 28.4 Å². The average Bonchev–Trinajstić information content (AvgIpc) is 2.89. The molecule has 0 unspecified atom stereocenters. The summed E-state index contributed by atoms with van der Waals surface area (Å²) in [5.74, 6) is -2.33. The molecule has 1 aliphatic heterocycles. The van der Waals surface area contributed by atoms with Crippen LogP contribution in [0.1, 0.15) is 22.8 Å². The van der Waals surface area contributed by atoms with Crippen molar-refractivity contribution in [3.63, 3.8) is 0 Å². The average molecular weight is 553 g/mol. The van der Waals surface area contributed by atoms with Crippen LogP contribution in [0.2, 0.25) is 0 Å². The number of benzene rings is 4. The van der Waals surface area contributed by atoms with Crippen LogP contribution in [0.25, 0.3) is 32.7 Å². The molecule has 1 aliphatic rings. The van der Waals surface area contributed by atoms with Gasteiger partial charge in [0.25, 0.3) is 0 Å². The van der Waals surface area contributed by atoms with Crippen LogP contribution in [0.3, 0.4) is 0 Å². The first-order valence-corrected chi connectivity index (χ1v) is 12.4. The lowest BCUT2D eigenvalue weighted by atomic mass is 9.89. The summed E-state index contributed by atoms with van der Waals surface area (Å²) in [4.78, 5) is 12.7. The zero-order valence-electron chi connectivity index (χ0n) is 21.4. The highest BCUT2D eigenvalue weighted by Gasteiger charge is 2.45. The number of ketones is 1. The molecule has 4 aromatic carbocycles. The normalized spacial score (nSPS) is 23.0. The van der Waals surface area contributed by atoms with Gasteiger partial charge in [0.2, 0.25) is 6.29 Å². The van der Waals surface area contributed by atoms with E-state index in [1.165, 1.54) is 12.1 Å². The van der Waals surface area contributed by atoms with Crippen molar-refractivity contribution in [3.05, 3.63) is 53.6 Å². The standard InChI is InChI=1S/C29H28O11/c1-11-6-18(33)15-8-14-13(4-3-5-17(14)32)7-16(15)22(11)24-19(34)9-20(23(12(2)31)26(24)36)39-29-28(38)27(37)25(35)21(10-30)40-29/h3-9,21,25,27-30,32-38H,10H2,1-2H3/t21-,25-,27+,28-,29-/m1/s1. The molecule has 0 radical (unpaired) electrons. The monoisotopic (exact) mass is 552 g/mol. The fourth-order valence-electron chi connectivity index (χ4n) is 5.23. The van der Waals surface area contributed by atoms with E-state index in [0.29, 0.717) is 32.7 Å². The third-order valence-corrected chi connectivity index (χ3v) is 7.23. The number of ether oxygens (including phenoxy) is 2. The quantitative estimate of drug-likeness (QED) is 0.133. The number of aryl methyl sites for hydroxylation is 1. The molecular formula is C29H28O11. The predicted octanol–water partition coefficient (Wildman–Crippen LogP) is 2.17. The zero-order chi connectivity index (χ0) is 29.0. The number of aromatic hydroxyl groups is 4. The lowest BCUT2D eigenvalue weighted by Crippen LogP contribution is -2.60. The third-order valence-electron chi connectivity index (χ3n) is 7.23. The van der Waals surface area contributed by atoms with Crippen molar-refractivity contribution in [2.24, 2.45) is 0 Å². The lowest BCUT2D eigenvalue weighted by molar-refractivity contribution is -0.277. The predicted molar refractivity (Wildman–Crippen MR) is 143 cm³/mol. The Kier molecular flexibility index (Phi) is 6.94. The second-order valence-electron chi connectivity index (χ2n) is 9.85. The first-order chi connectivity index (χ1) is 18.9. The maximum Gasteiger partial charge on any atom is 0.229 e. The summed E-state index contributed by atoms with van der Waals surface area (Å²) in [6, 6.07) is 10.6. The number of hydrogen-bond acceptors (Lipinski definition) is 11. The number of aliphatic hydroxyl groups is 4. The number of phenols is 4. The Balaban J connectivity index is 1.70. The molecule has 0 amide bonds. The maximum atomic E-state index is 12.7. The number of carbonyl (C=O) groups is 1. The van der Waals surface area contributed by atoms with Crippen molar-refractivity contribution in [2.45, 2.75) is 44.6 Å². The molecule has 1 saturated heterocycles. The SMILES string of the molecule is CC(=O)c1c(O[C@@H]2O[C@H](CO)[C@@H](O)[C@H](O)[C@H]2O)cc(O)c(-c2c(C)cc(O)c3cc4c(O)cccc4cc23)c1O. The number of phenolic OH excluding ortho intramolecular Hbond substituents is 4. The minimum absolute atomic E-state index is 0.000167. The van der Waals surface area contributed by atoms with E-state index >= 15 is 0 Å². The van der Waals surface area contributed by atoms with E-state index in [4.69, 9.17) is 9.47 Å². The summed E-state index contributed by atoms with van der Waals surface area (Å²) >= 11 is 0. The first kappa shape index (κ1) is 27.4. The summed E-state index contributed by atoms with van der Waals surface area (Å²) < 4.78 is 11.0. The molecule has 5 rings (SSSR count). The van der Waals surface area contributed by atoms with E-state index < -0.39 is 54.6 Å². The van der Waals surface area contributed by atoms with Gasteiger partial charge in [-0.05, 0) is 54.4 Å². The third kappa shape index (κ3) is 4.34. The number of rotatable bonds is 5. The van der Waals surface area contributed by atoms with E-state index in [1.54, 1.807) is 31.2 Å². The van der Waals surface area contributed by atoms with Gasteiger partial charge in [0.15, 0.2) is 5.78 Å². The summed E-state index contributed by atoms with van der Waals surface area (Å²) in [6.45, 7) is 2.08. The van der Waals surface area contributed by atoms with Gasteiger partial charge in [-0.25, -0.2) is 0 Å². The zero-order valence-corrected chi connectivity index (χ0v) is 21.4. The van der Waals surface area contributed by atoms with Gasteiger partial charge < -0.3 is 50.3 Å². The minimum Gasteiger partial charge on any atom is -0.507 e. The fourth-order valence-corrected chi connectivity index (χ4v) is 5.23. The molecule has 0 aliphatic carbocycles. The molecule has 0 spiro atoms. The van der Waals surface area contributed by atoms with Crippen molar-refractivity contribution >= 4 is 27.3 Å². The molecule has 11 nitrogen and oxygen atoms in total. The molecule has 8 N–H and O–H groups in total. The first-order valence-electron chi connectivity index (χ1n) is 12.4. The van der Waals surface area contributed by atoms with Crippen LogP contribution < -0.4 is 4.74 Å². The van der Waals surface area contributed by atoms with Crippen LogP contribution in [0, 0.1) is 6.92 Å². The Morgan fingerprint density at radius 2 is 1.57 bits per heavy atom. The van der Waals surface area contributed by atoms with Gasteiger partial charge in [0.1, 0.15) is 58.7 Å². The van der Waals surface area contributed by atoms with Crippen LogP contribution in [0.15, 0.2) is 42.5 Å². The molecule has 1 heterocycles. The molecular weight excluding hydrogens is 524 g/mol. The Morgan fingerprint density at radius 1 is 0.850 bits per heavy atom. The van der Waals surface area contributed by atoms with Gasteiger partial charge in [-0.2, -0.15) is 0 Å². The molecule has 5 atom stereocenters. The molecule has 4 aromatic rings. The highest BCUT2D eigenvalue weighted by molar-refractivity contribution is 6.12. The van der Waals surface area contributed by atoms with E-state index in [9.17, 15) is 45.6 Å². The van der Waals surface area contributed by atoms with Gasteiger partial charge in [-0.15, -0.1) is 0 Å². The number of Topliss-reactive ketones (excluding diaryl/α,β-unsaturated/α-hetero) is 1. The topological polar surface area (TPSA) is 197 Å². The highest BCUT2D eigenvalue weighted by Crippen LogP contribution is 2.50. The van der Waals surface area contributed by atoms with Crippen molar-refractivity contribution in [1.29, 1.82) is 0 Å². The smallest absolute Gasteiger partial charge is 0.229 e. The summed E-state index contributed by atoms with van der Waals surface area (Å²) in [5, 5.41) is 85.3. The minimum atomic E-state index is -1.80.